The van der Waals surface area contributed by atoms with Gasteiger partial charge in [-0.3, -0.25) is 4.79 Å². The van der Waals surface area contributed by atoms with Gasteiger partial charge in [-0.15, -0.1) is 5.10 Å². The Morgan fingerprint density at radius 1 is 1.23 bits per heavy atom. The van der Waals surface area contributed by atoms with E-state index in [9.17, 15) is 15.0 Å². The maximum absolute atomic E-state index is 10.9. The number of hydrogen-bond donors (Lipinski definition) is 4. The number of carboxylic acid groups (broad SMARTS) is 1. The third-order valence-corrected chi connectivity index (χ3v) is 6.43. The summed E-state index contributed by atoms with van der Waals surface area (Å²) >= 11 is 1.55. The van der Waals surface area contributed by atoms with Crippen molar-refractivity contribution in [3.63, 3.8) is 0 Å². The molecule has 0 spiro atoms. The normalized spacial score (nSPS) is 23.9. The highest BCUT2D eigenvalue weighted by Gasteiger charge is 2.43. The number of carboxylic acids is 1. The molecule has 0 unspecified atom stereocenters. The third-order valence-electron chi connectivity index (χ3n) is 5.38. The number of aliphatic hydroxyl groups is 2. The first-order valence-corrected chi connectivity index (χ1v) is 11.5. The first-order valence-electron chi connectivity index (χ1n) is 10.5. The summed E-state index contributed by atoms with van der Waals surface area (Å²) in [4.78, 5) is 20.1. The van der Waals surface area contributed by atoms with Crippen LogP contribution in [0.4, 0.5) is 5.82 Å². The molecule has 4 N–H and O–H groups in total. The fourth-order valence-corrected chi connectivity index (χ4v) is 4.43. The number of carbonyl (C=O) groups is 1. The molecule has 0 radical (unpaired) electrons. The summed E-state index contributed by atoms with van der Waals surface area (Å²) in [5, 5.41) is 42.4. The molecule has 4 atom stereocenters. The molecule has 2 aromatic rings. The fourth-order valence-electron chi connectivity index (χ4n) is 3.74. The van der Waals surface area contributed by atoms with Crippen molar-refractivity contribution < 1.29 is 20.1 Å². The zero-order valence-electron chi connectivity index (χ0n) is 17.4. The van der Waals surface area contributed by atoms with Crippen LogP contribution in [-0.2, 0) is 4.79 Å². The quantitative estimate of drug-likeness (QED) is 0.233. The van der Waals surface area contributed by atoms with Crippen molar-refractivity contribution in [1.82, 2.24) is 25.0 Å². The van der Waals surface area contributed by atoms with E-state index in [2.05, 4.69) is 39.4 Å². The molecule has 11 heteroatoms. The molecule has 0 aromatic carbocycles. The average molecular weight is 439 g/mol. The van der Waals surface area contributed by atoms with Gasteiger partial charge in [0.1, 0.15) is 6.10 Å². The monoisotopic (exact) mass is 438 g/mol. The molecule has 1 saturated carbocycles. The van der Waals surface area contributed by atoms with E-state index in [-0.39, 0.29) is 12.3 Å². The molecular weight excluding hydrogens is 408 g/mol. The van der Waals surface area contributed by atoms with Crippen LogP contribution in [0, 0.1) is 5.92 Å². The number of hydrogen-bond acceptors (Lipinski definition) is 9. The minimum Gasteiger partial charge on any atom is -0.481 e. The van der Waals surface area contributed by atoms with Crippen LogP contribution in [0.25, 0.3) is 11.2 Å². The fraction of sp³-hybridized carbons (Fsp3) is 0.737. The lowest BCUT2D eigenvalue weighted by atomic mass is 9.99. The molecule has 166 valence electrons. The van der Waals surface area contributed by atoms with Gasteiger partial charge in [-0.25, -0.2) is 14.6 Å². The zero-order valence-corrected chi connectivity index (χ0v) is 18.2. The van der Waals surface area contributed by atoms with E-state index in [1.54, 1.807) is 16.4 Å². The number of aliphatic hydroxyl groups excluding tert-OH is 2. The zero-order chi connectivity index (χ0) is 21.7. The molecule has 0 bridgehead atoms. The second-order valence-electron chi connectivity index (χ2n) is 7.67. The molecule has 2 aromatic heterocycles. The summed E-state index contributed by atoms with van der Waals surface area (Å²) in [6, 6.07) is -0.522. The summed E-state index contributed by atoms with van der Waals surface area (Å²) in [6.45, 7) is 4.96. The average Bonchev–Trinajstić information content (AvgIpc) is 3.26. The Kier molecular flexibility index (Phi) is 7.84. The second kappa shape index (κ2) is 10.4. The van der Waals surface area contributed by atoms with Crippen LogP contribution in [-0.4, -0.2) is 70.8 Å². The minimum absolute atomic E-state index is 0.0508. The Hall–Kier alpha value is -1.98. The Balaban J connectivity index is 1.91. The Morgan fingerprint density at radius 2 is 2.03 bits per heavy atom. The summed E-state index contributed by atoms with van der Waals surface area (Å²) in [5.41, 5.74) is 1.04. The summed E-state index contributed by atoms with van der Waals surface area (Å²) in [6.07, 6.45) is 1.62. The number of thioether (sulfide) groups is 1. The van der Waals surface area contributed by atoms with Crippen molar-refractivity contribution >= 4 is 34.7 Å². The number of unbranched alkanes of at least 4 members (excludes halogenated alkanes) is 1. The molecule has 3 rings (SSSR count). The van der Waals surface area contributed by atoms with Crippen LogP contribution in [0.3, 0.4) is 0 Å². The van der Waals surface area contributed by atoms with Crippen LogP contribution in [0.15, 0.2) is 5.16 Å². The van der Waals surface area contributed by atoms with E-state index in [0.717, 1.165) is 31.6 Å². The van der Waals surface area contributed by atoms with Gasteiger partial charge in [0.05, 0.1) is 12.1 Å². The van der Waals surface area contributed by atoms with E-state index < -0.39 is 24.2 Å². The van der Waals surface area contributed by atoms with E-state index in [0.29, 0.717) is 35.0 Å². The molecule has 0 amide bonds. The van der Waals surface area contributed by atoms with Gasteiger partial charge < -0.3 is 20.6 Å². The maximum Gasteiger partial charge on any atom is 0.303 e. The number of nitrogens with one attached hydrogen (secondary N) is 1. The standard InChI is InChI=1S/C19H30N6O4S/c1-3-5-8-20-17-14-18(22-19(21-17)30-9-4-2)25(24-23-14)12-10-11(6-7-13(26)27)15(28)16(12)29/h11-12,15-16,28-29H,3-10H2,1-2H3,(H,26,27)(H,20,21,22)/t11-,12+,15+,16-/m0/s1. The van der Waals surface area contributed by atoms with Gasteiger partial charge in [-0.05, 0) is 31.6 Å². The van der Waals surface area contributed by atoms with Gasteiger partial charge in [0.25, 0.3) is 0 Å². The molecule has 1 fully saturated rings. The first kappa shape index (κ1) is 22.7. The van der Waals surface area contributed by atoms with Crippen LogP contribution in [0.1, 0.15) is 58.4 Å². The number of nitrogens with zero attached hydrogens (tertiary/aromatic N) is 5. The Morgan fingerprint density at radius 3 is 2.73 bits per heavy atom. The van der Waals surface area contributed by atoms with Crippen molar-refractivity contribution in [2.24, 2.45) is 5.92 Å². The van der Waals surface area contributed by atoms with Crippen molar-refractivity contribution in [3.8, 4) is 0 Å². The maximum atomic E-state index is 10.9. The van der Waals surface area contributed by atoms with E-state index in [4.69, 9.17) is 5.11 Å². The van der Waals surface area contributed by atoms with Crippen LogP contribution in [0.2, 0.25) is 0 Å². The minimum atomic E-state index is -1.06. The van der Waals surface area contributed by atoms with Crippen LogP contribution in [0.5, 0.6) is 0 Å². The first-order chi connectivity index (χ1) is 14.5. The summed E-state index contributed by atoms with van der Waals surface area (Å²) < 4.78 is 1.56. The van der Waals surface area contributed by atoms with E-state index in [1.165, 1.54) is 0 Å². The number of rotatable bonds is 11. The molecule has 10 nitrogen and oxygen atoms in total. The lowest BCUT2D eigenvalue weighted by Crippen LogP contribution is -2.30. The van der Waals surface area contributed by atoms with Gasteiger partial charge in [-0.2, -0.15) is 0 Å². The molecule has 1 aliphatic carbocycles. The van der Waals surface area contributed by atoms with Crippen LogP contribution >= 0.6 is 11.8 Å². The SMILES string of the molecule is CCCCNc1nc(SCCC)nc2c1nnn2[C@@H]1C[C@H](CCC(=O)O)[C@@H](O)[C@H]1O. The number of fused-ring (bicyclic) bond motifs is 1. The molecule has 0 saturated heterocycles. The number of anilines is 1. The second-order valence-corrected chi connectivity index (χ2v) is 8.73. The van der Waals surface area contributed by atoms with Crippen molar-refractivity contribution in [2.75, 3.05) is 17.6 Å². The molecule has 0 aliphatic heterocycles. The molecular formula is C19H30N6O4S. The van der Waals surface area contributed by atoms with Crippen molar-refractivity contribution in [3.05, 3.63) is 0 Å². The largest absolute Gasteiger partial charge is 0.481 e. The topological polar surface area (TPSA) is 146 Å². The van der Waals surface area contributed by atoms with Gasteiger partial charge in [0, 0.05) is 18.7 Å². The highest BCUT2D eigenvalue weighted by Crippen LogP contribution is 2.39. The predicted octanol–water partition coefficient (Wildman–Crippen LogP) is 2.08. The number of aliphatic carboxylic acids is 1. The van der Waals surface area contributed by atoms with Crippen molar-refractivity contribution in [2.45, 2.75) is 75.8 Å². The van der Waals surface area contributed by atoms with Crippen LogP contribution < -0.4 is 5.32 Å². The Bertz CT molecular complexity index is 863. The van der Waals surface area contributed by atoms with Gasteiger partial charge in [0.2, 0.25) is 0 Å². The van der Waals surface area contributed by atoms with Gasteiger partial charge in [0.15, 0.2) is 22.1 Å². The smallest absolute Gasteiger partial charge is 0.303 e. The predicted molar refractivity (Wildman–Crippen MR) is 114 cm³/mol. The van der Waals surface area contributed by atoms with E-state index >= 15 is 0 Å². The third kappa shape index (κ3) is 5.01. The lowest BCUT2D eigenvalue weighted by Gasteiger charge is -2.17. The Labute approximate surface area is 179 Å². The summed E-state index contributed by atoms with van der Waals surface area (Å²) in [7, 11) is 0. The highest BCUT2D eigenvalue weighted by atomic mass is 32.2. The highest BCUT2D eigenvalue weighted by molar-refractivity contribution is 7.99. The lowest BCUT2D eigenvalue weighted by molar-refractivity contribution is -0.137. The number of aromatic nitrogens is 5. The van der Waals surface area contributed by atoms with Gasteiger partial charge in [-0.1, -0.05) is 37.2 Å². The van der Waals surface area contributed by atoms with Crippen molar-refractivity contribution in [1.29, 1.82) is 0 Å². The van der Waals surface area contributed by atoms with Gasteiger partial charge >= 0.3 is 5.97 Å². The summed E-state index contributed by atoms with van der Waals surface area (Å²) in [5.74, 6) is 0.260. The molecule has 1 aliphatic rings. The molecule has 2 heterocycles. The molecule has 30 heavy (non-hydrogen) atoms. The van der Waals surface area contributed by atoms with E-state index in [1.807, 2.05) is 0 Å².